The van der Waals surface area contributed by atoms with Gasteiger partial charge in [-0.1, -0.05) is 29.0 Å². The number of nitrogen functional groups attached to an aromatic ring is 1. The van der Waals surface area contributed by atoms with Gasteiger partial charge in [-0.05, 0) is 13.0 Å². The van der Waals surface area contributed by atoms with Gasteiger partial charge in [0, 0.05) is 11.8 Å². The van der Waals surface area contributed by atoms with Gasteiger partial charge in [0.05, 0.1) is 4.88 Å². The zero-order valence-corrected chi connectivity index (χ0v) is 9.46. The number of rotatable bonds is 2. The van der Waals surface area contributed by atoms with Crippen molar-refractivity contribution in [3.8, 4) is 0 Å². The summed E-state index contributed by atoms with van der Waals surface area (Å²) >= 11 is 1.16. The molecule has 5 heteroatoms. The van der Waals surface area contributed by atoms with Crippen molar-refractivity contribution in [3.05, 3.63) is 46.2 Å². The van der Waals surface area contributed by atoms with Crippen molar-refractivity contribution in [2.75, 3.05) is 5.73 Å². The van der Waals surface area contributed by atoms with E-state index in [9.17, 15) is 9.50 Å². The van der Waals surface area contributed by atoms with Gasteiger partial charge >= 0.3 is 0 Å². The Morgan fingerprint density at radius 3 is 2.88 bits per heavy atom. The molecule has 0 bridgehead atoms. The second-order valence-electron chi connectivity index (χ2n) is 3.53. The molecule has 0 spiro atoms. The Balaban J connectivity index is 2.40. The Morgan fingerprint density at radius 1 is 1.50 bits per heavy atom. The zero-order valence-electron chi connectivity index (χ0n) is 8.64. The highest BCUT2D eigenvalue weighted by Gasteiger charge is 2.17. The molecule has 0 fully saturated rings. The van der Waals surface area contributed by atoms with Crippen molar-refractivity contribution in [1.82, 2.24) is 4.98 Å². The van der Waals surface area contributed by atoms with Gasteiger partial charge in [-0.25, -0.2) is 9.37 Å². The lowest BCUT2D eigenvalue weighted by atomic mass is 10.1. The van der Waals surface area contributed by atoms with Crippen LogP contribution in [0.2, 0.25) is 0 Å². The first-order valence-electron chi connectivity index (χ1n) is 4.73. The monoisotopic (exact) mass is 238 g/mol. The summed E-state index contributed by atoms with van der Waals surface area (Å²) in [4.78, 5) is 4.37. The van der Waals surface area contributed by atoms with E-state index in [2.05, 4.69) is 4.98 Å². The Bertz CT molecular complexity index is 512. The summed E-state index contributed by atoms with van der Waals surface area (Å²) in [6, 6.07) is 4.63. The quantitative estimate of drug-likeness (QED) is 0.843. The molecular formula is C11H11FN2OS. The Morgan fingerprint density at radius 2 is 2.25 bits per heavy atom. The number of aromatic nitrogens is 1. The molecule has 0 amide bonds. The highest BCUT2D eigenvalue weighted by Crippen LogP contribution is 2.29. The highest BCUT2D eigenvalue weighted by molar-refractivity contribution is 7.15. The van der Waals surface area contributed by atoms with Crippen molar-refractivity contribution < 1.29 is 9.50 Å². The number of aryl methyl sites for hydroxylation is 1. The van der Waals surface area contributed by atoms with Gasteiger partial charge < -0.3 is 10.8 Å². The maximum absolute atomic E-state index is 13.5. The number of hydrogen-bond acceptors (Lipinski definition) is 4. The minimum Gasteiger partial charge on any atom is -0.383 e. The number of aliphatic hydroxyl groups is 1. The molecule has 84 valence electrons. The van der Waals surface area contributed by atoms with Crippen molar-refractivity contribution in [3.63, 3.8) is 0 Å². The van der Waals surface area contributed by atoms with E-state index in [0.717, 1.165) is 16.9 Å². The summed E-state index contributed by atoms with van der Waals surface area (Å²) in [5.41, 5.74) is 6.61. The number of thiazole rings is 1. The highest BCUT2D eigenvalue weighted by atomic mass is 32.1. The van der Waals surface area contributed by atoms with E-state index < -0.39 is 11.9 Å². The van der Waals surface area contributed by atoms with Gasteiger partial charge in [-0.2, -0.15) is 0 Å². The summed E-state index contributed by atoms with van der Waals surface area (Å²) < 4.78 is 13.5. The molecule has 0 saturated heterocycles. The van der Waals surface area contributed by atoms with Crippen LogP contribution in [0, 0.1) is 12.7 Å². The van der Waals surface area contributed by atoms with Crippen LogP contribution < -0.4 is 5.73 Å². The Labute approximate surface area is 96.4 Å². The van der Waals surface area contributed by atoms with E-state index in [1.54, 1.807) is 12.1 Å². The number of nitrogens with two attached hydrogens (primary N) is 1. The molecular weight excluding hydrogens is 227 g/mol. The molecule has 0 aliphatic carbocycles. The molecule has 1 aromatic carbocycles. The van der Waals surface area contributed by atoms with Crippen LogP contribution >= 0.6 is 11.3 Å². The molecule has 2 aromatic rings. The molecule has 1 aromatic heterocycles. The van der Waals surface area contributed by atoms with Gasteiger partial charge in [0.25, 0.3) is 0 Å². The summed E-state index contributed by atoms with van der Waals surface area (Å²) in [6.07, 6.45) is 0.460. The molecule has 1 heterocycles. The predicted molar refractivity (Wildman–Crippen MR) is 61.7 cm³/mol. The first-order chi connectivity index (χ1) is 7.58. The number of benzene rings is 1. The minimum absolute atomic E-state index is 0.253. The van der Waals surface area contributed by atoms with Crippen LogP contribution in [0.4, 0.5) is 9.52 Å². The largest absolute Gasteiger partial charge is 0.383 e. The van der Waals surface area contributed by atoms with Gasteiger partial charge in [0.15, 0.2) is 5.13 Å². The molecule has 0 aliphatic heterocycles. The SMILES string of the molecule is Cc1ccc(F)c(C(O)c2cnc(N)s2)c1. The second kappa shape index (κ2) is 4.19. The number of hydrogen-bond donors (Lipinski definition) is 2. The lowest BCUT2D eigenvalue weighted by molar-refractivity contribution is 0.218. The van der Waals surface area contributed by atoms with E-state index >= 15 is 0 Å². The third-order valence-electron chi connectivity index (χ3n) is 2.26. The number of anilines is 1. The van der Waals surface area contributed by atoms with E-state index in [-0.39, 0.29) is 5.56 Å². The first kappa shape index (κ1) is 11.0. The van der Waals surface area contributed by atoms with Crippen LogP contribution in [-0.4, -0.2) is 10.1 Å². The summed E-state index contributed by atoms with van der Waals surface area (Å²) in [6.45, 7) is 1.84. The third-order valence-corrected chi connectivity index (χ3v) is 3.14. The topological polar surface area (TPSA) is 59.1 Å². The van der Waals surface area contributed by atoms with Crippen molar-refractivity contribution in [1.29, 1.82) is 0 Å². The standard InChI is InChI=1S/C11H11FN2OS/c1-6-2-3-8(12)7(4-6)10(15)9-5-14-11(13)16-9/h2-5,10,15H,1H3,(H2,13,14). The fourth-order valence-electron chi connectivity index (χ4n) is 1.45. The van der Waals surface area contributed by atoms with Crippen LogP contribution in [0.1, 0.15) is 22.1 Å². The lowest BCUT2D eigenvalue weighted by Crippen LogP contribution is -2.01. The van der Waals surface area contributed by atoms with Crippen molar-refractivity contribution in [2.24, 2.45) is 0 Å². The maximum Gasteiger partial charge on any atom is 0.180 e. The van der Waals surface area contributed by atoms with Gasteiger partial charge in [0.2, 0.25) is 0 Å². The molecule has 0 aliphatic rings. The normalized spacial score (nSPS) is 12.7. The van der Waals surface area contributed by atoms with E-state index in [1.807, 2.05) is 6.92 Å². The number of halogens is 1. The van der Waals surface area contributed by atoms with Gasteiger partial charge in [-0.15, -0.1) is 0 Å². The lowest BCUT2D eigenvalue weighted by Gasteiger charge is -2.10. The number of aliphatic hydroxyl groups excluding tert-OH is 1. The average molecular weight is 238 g/mol. The van der Waals surface area contributed by atoms with Crippen LogP contribution in [0.15, 0.2) is 24.4 Å². The molecule has 3 nitrogen and oxygen atoms in total. The molecule has 0 radical (unpaired) electrons. The van der Waals surface area contributed by atoms with Crippen molar-refractivity contribution in [2.45, 2.75) is 13.0 Å². The molecule has 1 unspecified atom stereocenters. The zero-order chi connectivity index (χ0) is 11.7. The molecule has 0 saturated carbocycles. The van der Waals surface area contributed by atoms with Crippen molar-refractivity contribution >= 4 is 16.5 Å². The summed E-state index contributed by atoms with van der Waals surface area (Å²) in [7, 11) is 0. The van der Waals surface area contributed by atoms with Crippen LogP contribution in [-0.2, 0) is 0 Å². The molecule has 16 heavy (non-hydrogen) atoms. The Kier molecular flexibility index (Phi) is 2.89. The van der Waals surface area contributed by atoms with Crippen LogP contribution in [0.5, 0.6) is 0 Å². The van der Waals surface area contributed by atoms with Crippen LogP contribution in [0.25, 0.3) is 0 Å². The van der Waals surface area contributed by atoms with Gasteiger partial charge in [-0.3, -0.25) is 0 Å². The summed E-state index contributed by atoms with van der Waals surface area (Å²) in [5.74, 6) is -0.426. The Hall–Kier alpha value is -1.46. The fraction of sp³-hybridized carbons (Fsp3) is 0.182. The summed E-state index contributed by atoms with van der Waals surface area (Å²) in [5, 5.41) is 10.3. The second-order valence-corrected chi connectivity index (χ2v) is 4.62. The maximum atomic E-state index is 13.5. The van der Waals surface area contributed by atoms with E-state index in [4.69, 9.17) is 5.73 Å². The smallest absolute Gasteiger partial charge is 0.180 e. The van der Waals surface area contributed by atoms with Crippen LogP contribution in [0.3, 0.4) is 0 Å². The third kappa shape index (κ3) is 2.05. The molecule has 2 rings (SSSR count). The van der Waals surface area contributed by atoms with E-state index in [1.165, 1.54) is 12.3 Å². The van der Waals surface area contributed by atoms with E-state index in [0.29, 0.717) is 10.0 Å². The minimum atomic E-state index is -1.00. The number of nitrogens with zero attached hydrogens (tertiary/aromatic N) is 1. The first-order valence-corrected chi connectivity index (χ1v) is 5.55. The van der Waals surface area contributed by atoms with Gasteiger partial charge in [0.1, 0.15) is 11.9 Å². The molecule has 1 atom stereocenters. The predicted octanol–water partition coefficient (Wildman–Crippen LogP) is 2.25. The fourth-order valence-corrected chi connectivity index (χ4v) is 2.14. The average Bonchev–Trinajstić information content (AvgIpc) is 2.67. The molecule has 3 N–H and O–H groups in total.